The van der Waals surface area contributed by atoms with E-state index >= 15 is 0 Å². The molecule has 0 aliphatic heterocycles. The van der Waals surface area contributed by atoms with Crippen LogP contribution in [0.2, 0.25) is 0 Å². The molecule has 0 amide bonds. The first-order valence-corrected chi connectivity index (χ1v) is 7.20. The summed E-state index contributed by atoms with van der Waals surface area (Å²) < 4.78 is 17.6. The third-order valence-electron chi connectivity index (χ3n) is 3.56. The van der Waals surface area contributed by atoms with Crippen molar-refractivity contribution in [3.63, 3.8) is 0 Å². The molecule has 1 unspecified atom stereocenters. The Kier molecular flexibility index (Phi) is 3.45. The molecule has 0 saturated carbocycles. The average molecular weight is 307 g/mol. The predicted molar refractivity (Wildman–Crippen MR) is 81.0 cm³/mol. The molecule has 4 nitrogen and oxygen atoms in total. The van der Waals surface area contributed by atoms with Crippen LogP contribution in [-0.2, 0) is 13.6 Å². The molecule has 0 spiro atoms. The largest absolute Gasteiger partial charge is 0.307 e. The molecule has 2 aromatic heterocycles. The Morgan fingerprint density at radius 3 is 2.71 bits per heavy atom. The van der Waals surface area contributed by atoms with Crippen LogP contribution < -0.4 is 0 Å². The molecule has 3 aromatic rings. The Balaban J connectivity index is 2.20. The number of rotatable bonds is 3. The Morgan fingerprint density at radius 2 is 2.05 bits per heavy atom. The van der Waals surface area contributed by atoms with Crippen LogP contribution in [0.15, 0.2) is 24.3 Å². The topological polar surface area (TPSA) is 35.6 Å². The molecule has 0 fully saturated rings. The molecule has 0 bridgehead atoms. The van der Waals surface area contributed by atoms with Gasteiger partial charge in [-0.05, 0) is 19.9 Å². The standard InChI is InChI=1S/C15H16ClFN4/c1-9(16)14-18-13-10(2)19-20(3)15(13)21(14)8-11-6-4-5-7-12(11)17/h4-7,9H,8H2,1-3H3. The van der Waals surface area contributed by atoms with E-state index in [9.17, 15) is 4.39 Å². The van der Waals surface area contributed by atoms with Crippen molar-refractivity contribution >= 4 is 22.8 Å². The summed E-state index contributed by atoms with van der Waals surface area (Å²) in [6.45, 7) is 4.16. The van der Waals surface area contributed by atoms with Crippen molar-refractivity contribution < 1.29 is 4.39 Å². The summed E-state index contributed by atoms with van der Waals surface area (Å²) >= 11 is 6.24. The normalized spacial score (nSPS) is 13.0. The molecule has 1 aromatic carbocycles. The van der Waals surface area contributed by atoms with Crippen LogP contribution in [0.5, 0.6) is 0 Å². The molecule has 0 aliphatic rings. The number of hydrogen-bond acceptors (Lipinski definition) is 2. The number of halogens is 2. The number of aryl methyl sites for hydroxylation is 2. The number of aromatic nitrogens is 4. The molecule has 110 valence electrons. The second-order valence-corrected chi connectivity index (χ2v) is 5.80. The monoisotopic (exact) mass is 306 g/mol. The minimum absolute atomic E-state index is 0.230. The van der Waals surface area contributed by atoms with Gasteiger partial charge in [-0.1, -0.05) is 18.2 Å². The van der Waals surface area contributed by atoms with Crippen molar-refractivity contribution in [3.05, 3.63) is 47.2 Å². The first-order valence-electron chi connectivity index (χ1n) is 6.76. The molecule has 0 N–H and O–H groups in total. The van der Waals surface area contributed by atoms with Gasteiger partial charge in [0.1, 0.15) is 17.2 Å². The number of benzene rings is 1. The fraction of sp³-hybridized carbons (Fsp3) is 0.333. The van der Waals surface area contributed by atoms with Gasteiger partial charge in [0.15, 0.2) is 5.65 Å². The fourth-order valence-corrected chi connectivity index (χ4v) is 2.77. The summed E-state index contributed by atoms with van der Waals surface area (Å²) in [4.78, 5) is 4.58. The van der Waals surface area contributed by atoms with Crippen LogP contribution in [0.1, 0.15) is 29.4 Å². The zero-order valence-electron chi connectivity index (χ0n) is 12.1. The van der Waals surface area contributed by atoms with E-state index in [4.69, 9.17) is 11.6 Å². The highest BCUT2D eigenvalue weighted by atomic mass is 35.5. The van der Waals surface area contributed by atoms with Crippen LogP contribution in [0, 0.1) is 12.7 Å². The van der Waals surface area contributed by atoms with Crippen LogP contribution >= 0.6 is 11.6 Å². The maximum absolute atomic E-state index is 13.9. The van der Waals surface area contributed by atoms with E-state index in [0.29, 0.717) is 12.1 Å². The summed E-state index contributed by atoms with van der Waals surface area (Å²) in [7, 11) is 1.86. The fourth-order valence-electron chi connectivity index (χ4n) is 2.61. The quantitative estimate of drug-likeness (QED) is 0.694. The Morgan fingerprint density at radius 1 is 1.33 bits per heavy atom. The Hall–Kier alpha value is -1.88. The highest BCUT2D eigenvalue weighted by Crippen LogP contribution is 2.27. The van der Waals surface area contributed by atoms with Gasteiger partial charge in [0, 0.05) is 12.6 Å². The molecule has 1 atom stereocenters. The lowest BCUT2D eigenvalue weighted by atomic mass is 10.2. The molecular weight excluding hydrogens is 291 g/mol. The first kappa shape index (κ1) is 14.1. The average Bonchev–Trinajstić information content (AvgIpc) is 2.92. The van der Waals surface area contributed by atoms with Crippen molar-refractivity contribution in [3.8, 4) is 0 Å². The van der Waals surface area contributed by atoms with E-state index in [1.165, 1.54) is 6.07 Å². The lowest BCUT2D eigenvalue weighted by Gasteiger charge is -2.11. The molecule has 6 heteroatoms. The molecule has 2 heterocycles. The summed E-state index contributed by atoms with van der Waals surface area (Å²) in [5.41, 5.74) is 3.13. The Labute approximate surface area is 127 Å². The minimum Gasteiger partial charge on any atom is -0.307 e. The van der Waals surface area contributed by atoms with Crippen LogP contribution in [0.3, 0.4) is 0 Å². The highest BCUT2D eigenvalue weighted by Gasteiger charge is 2.20. The van der Waals surface area contributed by atoms with Crippen molar-refractivity contribution in [1.29, 1.82) is 0 Å². The molecular formula is C15H16ClFN4. The molecule has 3 rings (SSSR count). The summed E-state index contributed by atoms with van der Waals surface area (Å²) in [6, 6.07) is 6.74. The molecule has 21 heavy (non-hydrogen) atoms. The molecule has 0 radical (unpaired) electrons. The smallest absolute Gasteiger partial charge is 0.159 e. The van der Waals surface area contributed by atoms with E-state index in [2.05, 4.69) is 10.1 Å². The zero-order chi connectivity index (χ0) is 15.1. The van der Waals surface area contributed by atoms with E-state index < -0.39 is 0 Å². The number of hydrogen-bond donors (Lipinski definition) is 0. The predicted octanol–water partition coefficient (Wildman–Crippen LogP) is 3.57. The minimum atomic E-state index is -0.261. The zero-order valence-corrected chi connectivity index (χ0v) is 12.9. The highest BCUT2D eigenvalue weighted by molar-refractivity contribution is 6.20. The van der Waals surface area contributed by atoms with Crippen LogP contribution in [-0.4, -0.2) is 19.3 Å². The van der Waals surface area contributed by atoms with E-state index in [1.807, 2.05) is 31.5 Å². The lowest BCUT2D eigenvalue weighted by Crippen LogP contribution is -2.10. The van der Waals surface area contributed by atoms with E-state index in [-0.39, 0.29) is 11.2 Å². The van der Waals surface area contributed by atoms with Crippen LogP contribution in [0.4, 0.5) is 4.39 Å². The van der Waals surface area contributed by atoms with Gasteiger partial charge < -0.3 is 4.57 Å². The first-order chi connectivity index (χ1) is 9.99. The van der Waals surface area contributed by atoms with Gasteiger partial charge in [0.05, 0.1) is 17.6 Å². The molecule has 0 saturated heterocycles. The summed E-state index contributed by atoms with van der Waals surface area (Å²) in [5.74, 6) is 0.498. The third-order valence-corrected chi connectivity index (χ3v) is 3.76. The van der Waals surface area contributed by atoms with Gasteiger partial charge >= 0.3 is 0 Å². The summed E-state index contributed by atoms with van der Waals surface area (Å²) in [6.07, 6.45) is 0. The van der Waals surface area contributed by atoms with Crippen molar-refractivity contribution in [2.45, 2.75) is 25.8 Å². The second-order valence-electron chi connectivity index (χ2n) is 5.14. The van der Waals surface area contributed by atoms with Gasteiger partial charge in [-0.3, -0.25) is 4.68 Å². The second kappa shape index (κ2) is 5.15. The number of nitrogens with zero attached hydrogens (tertiary/aromatic N) is 4. The van der Waals surface area contributed by atoms with Crippen molar-refractivity contribution in [2.24, 2.45) is 7.05 Å². The number of fused-ring (bicyclic) bond motifs is 1. The van der Waals surface area contributed by atoms with Crippen molar-refractivity contribution in [2.75, 3.05) is 0 Å². The number of alkyl halides is 1. The maximum atomic E-state index is 13.9. The SMILES string of the molecule is Cc1nn(C)c2c1nc(C(C)Cl)n2Cc1ccccc1F. The Bertz CT molecular complexity index is 803. The maximum Gasteiger partial charge on any atom is 0.159 e. The van der Waals surface area contributed by atoms with E-state index in [0.717, 1.165) is 22.7 Å². The van der Waals surface area contributed by atoms with Gasteiger partial charge in [-0.15, -0.1) is 11.6 Å². The third kappa shape index (κ3) is 2.31. The van der Waals surface area contributed by atoms with Gasteiger partial charge in [0.2, 0.25) is 0 Å². The van der Waals surface area contributed by atoms with Gasteiger partial charge in [-0.25, -0.2) is 9.37 Å². The summed E-state index contributed by atoms with van der Waals surface area (Å²) in [5, 5.41) is 4.11. The van der Waals surface area contributed by atoms with Crippen LogP contribution in [0.25, 0.3) is 11.2 Å². The number of imidazole rings is 1. The molecule has 0 aliphatic carbocycles. The van der Waals surface area contributed by atoms with E-state index in [1.54, 1.807) is 16.8 Å². The van der Waals surface area contributed by atoms with Gasteiger partial charge in [-0.2, -0.15) is 5.10 Å². The van der Waals surface area contributed by atoms with Gasteiger partial charge in [0.25, 0.3) is 0 Å². The lowest BCUT2D eigenvalue weighted by molar-refractivity contribution is 0.593. The van der Waals surface area contributed by atoms with Crippen molar-refractivity contribution in [1.82, 2.24) is 19.3 Å².